The van der Waals surface area contributed by atoms with Crippen LogP contribution in [0.3, 0.4) is 0 Å². The second-order valence-electron chi connectivity index (χ2n) is 3.12. The van der Waals surface area contributed by atoms with Gasteiger partial charge in [-0.25, -0.2) is 4.98 Å². The predicted octanol–water partition coefficient (Wildman–Crippen LogP) is 2.05. The van der Waals surface area contributed by atoms with Crippen LogP contribution in [0.4, 0.5) is 0 Å². The average Bonchev–Trinajstić information content (AvgIpc) is 2.68. The summed E-state index contributed by atoms with van der Waals surface area (Å²) in [5.41, 5.74) is 1.50. The van der Waals surface area contributed by atoms with E-state index < -0.39 is 0 Å². The number of benzene rings is 1. The van der Waals surface area contributed by atoms with Crippen molar-refractivity contribution in [3.05, 3.63) is 34.7 Å². The topological polar surface area (TPSA) is 53.4 Å². The lowest BCUT2D eigenvalue weighted by atomic mass is 10.1. The number of thiazole rings is 1. The van der Waals surface area contributed by atoms with Crippen LogP contribution in [0.25, 0.3) is 11.3 Å². The van der Waals surface area contributed by atoms with Gasteiger partial charge < -0.3 is 10.2 Å². The standard InChI is InChI=1S/C11H11NO2S/c13-6-5-11-12-9(7-15-11)8-3-1-2-4-10(8)14/h1-4,7,13-14H,5-6H2. The van der Waals surface area contributed by atoms with Crippen LogP contribution in [0.15, 0.2) is 29.6 Å². The van der Waals surface area contributed by atoms with Crippen LogP contribution in [0, 0.1) is 0 Å². The molecule has 4 heteroatoms. The summed E-state index contributed by atoms with van der Waals surface area (Å²) >= 11 is 1.50. The van der Waals surface area contributed by atoms with Crippen LogP contribution in [0.1, 0.15) is 5.01 Å². The molecule has 0 aliphatic carbocycles. The van der Waals surface area contributed by atoms with Gasteiger partial charge in [0, 0.05) is 24.0 Å². The van der Waals surface area contributed by atoms with Gasteiger partial charge in [-0.2, -0.15) is 0 Å². The number of para-hydroxylation sites is 1. The van der Waals surface area contributed by atoms with E-state index in [-0.39, 0.29) is 12.4 Å². The molecular weight excluding hydrogens is 210 g/mol. The van der Waals surface area contributed by atoms with Gasteiger partial charge >= 0.3 is 0 Å². The normalized spacial score (nSPS) is 10.5. The van der Waals surface area contributed by atoms with Crippen molar-refractivity contribution in [3.63, 3.8) is 0 Å². The van der Waals surface area contributed by atoms with Crippen molar-refractivity contribution >= 4 is 11.3 Å². The Morgan fingerprint density at radius 1 is 1.27 bits per heavy atom. The molecule has 0 radical (unpaired) electrons. The van der Waals surface area contributed by atoms with Gasteiger partial charge in [-0.15, -0.1) is 11.3 Å². The monoisotopic (exact) mass is 221 g/mol. The molecule has 0 unspecified atom stereocenters. The lowest BCUT2D eigenvalue weighted by Crippen LogP contribution is -1.89. The number of aromatic nitrogens is 1. The molecule has 0 fully saturated rings. The van der Waals surface area contributed by atoms with Gasteiger partial charge in [-0.1, -0.05) is 12.1 Å². The van der Waals surface area contributed by atoms with Gasteiger partial charge in [-0.05, 0) is 12.1 Å². The number of aliphatic hydroxyl groups excluding tert-OH is 1. The average molecular weight is 221 g/mol. The van der Waals surface area contributed by atoms with Crippen molar-refractivity contribution in [1.29, 1.82) is 0 Å². The molecule has 15 heavy (non-hydrogen) atoms. The first-order valence-corrected chi connectivity index (χ1v) is 5.53. The fourth-order valence-electron chi connectivity index (χ4n) is 1.34. The second-order valence-corrected chi connectivity index (χ2v) is 4.06. The molecule has 0 amide bonds. The number of rotatable bonds is 3. The molecule has 0 bridgehead atoms. The van der Waals surface area contributed by atoms with Gasteiger partial charge in [0.1, 0.15) is 5.75 Å². The Kier molecular flexibility index (Phi) is 2.99. The molecular formula is C11H11NO2S. The molecule has 2 N–H and O–H groups in total. The van der Waals surface area contributed by atoms with Crippen molar-refractivity contribution in [2.45, 2.75) is 6.42 Å². The number of hydrogen-bond donors (Lipinski definition) is 2. The van der Waals surface area contributed by atoms with E-state index in [0.29, 0.717) is 6.42 Å². The van der Waals surface area contributed by atoms with E-state index in [1.807, 2.05) is 17.5 Å². The Hall–Kier alpha value is -1.39. The van der Waals surface area contributed by atoms with Gasteiger partial charge in [0.05, 0.1) is 10.7 Å². The summed E-state index contributed by atoms with van der Waals surface area (Å²) in [6.45, 7) is 0.105. The fourth-order valence-corrected chi connectivity index (χ4v) is 2.12. The Balaban J connectivity index is 2.33. The fraction of sp³-hybridized carbons (Fsp3) is 0.182. The highest BCUT2D eigenvalue weighted by Gasteiger charge is 2.07. The first-order valence-electron chi connectivity index (χ1n) is 4.65. The number of aromatic hydroxyl groups is 1. The minimum atomic E-state index is 0.105. The zero-order valence-electron chi connectivity index (χ0n) is 8.05. The highest BCUT2D eigenvalue weighted by atomic mass is 32.1. The van der Waals surface area contributed by atoms with E-state index in [2.05, 4.69) is 4.98 Å². The maximum Gasteiger partial charge on any atom is 0.125 e. The van der Waals surface area contributed by atoms with Gasteiger partial charge in [0.15, 0.2) is 0 Å². The highest BCUT2D eigenvalue weighted by Crippen LogP contribution is 2.29. The van der Waals surface area contributed by atoms with E-state index >= 15 is 0 Å². The summed E-state index contributed by atoms with van der Waals surface area (Å²) in [5, 5.41) is 21.2. The third kappa shape index (κ3) is 2.16. The number of nitrogens with zero attached hydrogens (tertiary/aromatic N) is 1. The molecule has 0 aliphatic heterocycles. The number of phenols is 1. The van der Waals surface area contributed by atoms with E-state index in [1.165, 1.54) is 11.3 Å². The minimum absolute atomic E-state index is 0.105. The number of hydrogen-bond acceptors (Lipinski definition) is 4. The van der Waals surface area contributed by atoms with Crippen LogP contribution < -0.4 is 0 Å². The molecule has 78 valence electrons. The van der Waals surface area contributed by atoms with E-state index in [4.69, 9.17) is 5.11 Å². The van der Waals surface area contributed by atoms with Crippen molar-refractivity contribution in [1.82, 2.24) is 4.98 Å². The maximum absolute atomic E-state index is 9.62. The molecule has 1 heterocycles. The molecule has 0 saturated heterocycles. The van der Waals surface area contributed by atoms with Crippen LogP contribution in [-0.2, 0) is 6.42 Å². The Morgan fingerprint density at radius 3 is 2.80 bits per heavy atom. The summed E-state index contributed by atoms with van der Waals surface area (Å²) in [6, 6.07) is 7.10. The minimum Gasteiger partial charge on any atom is -0.507 e. The number of aliphatic hydroxyl groups is 1. The Bertz CT molecular complexity index is 453. The predicted molar refractivity (Wildman–Crippen MR) is 60.0 cm³/mol. The molecule has 1 aromatic carbocycles. The van der Waals surface area contributed by atoms with E-state index in [1.54, 1.807) is 12.1 Å². The molecule has 0 spiro atoms. The zero-order chi connectivity index (χ0) is 10.7. The van der Waals surface area contributed by atoms with E-state index in [9.17, 15) is 5.11 Å². The Morgan fingerprint density at radius 2 is 2.07 bits per heavy atom. The molecule has 0 saturated carbocycles. The van der Waals surface area contributed by atoms with Crippen LogP contribution in [0.5, 0.6) is 5.75 Å². The zero-order valence-corrected chi connectivity index (χ0v) is 8.87. The summed E-state index contributed by atoms with van der Waals surface area (Å²) < 4.78 is 0. The van der Waals surface area contributed by atoms with Gasteiger partial charge in [0.2, 0.25) is 0 Å². The SMILES string of the molecule is OCCc1nc(-c2ccccc2O)cs1. The first-order chi connectivity index (χ1) is 7.31. The summed E-state index contributed by atoms with van der Waals surface area (Å²) in [4.78, 5) is 4.33. The quantitative estimate of drug-likeness (QED) is 0.834. The second kappa shape index (κ2) is 4.42. The summed E-state index contributed by atoms with van der Waals surface area (Å²) in [7, 11) is 0. The van der Waals surface area contributed by atoms with Crippen LogP contribution in [0.2, 0.25) is 0 Å². The molecule has 1 aromatic heterocycles. The lowest BCUT2D eigenvalue weighted by molar-refractivity contribution is 0.299. The summed E-state index contributed by atoms with van der Waals surface area (Å²) in [6.07, 6.45) is 0.568. The Labute approximate surface area is 91.7 Å². The molecule has 2 rings (SSSR count). The van der Waals surface area contributed by atoms with Crippen molar-refractivity contribution < 1.29 is 10.2 Å². The molecule has 3 nitrogen and oxygen atoms in total. The first kappa shape index (κ1) is 10.1. The molecule has 2 aromatic rings. The lowest BCUT2D eigenvalue weighted by Gasteiger charge is -1.99. The molecule has 0 atom stereocenters. The highest BCUT2D eigenvalue weighted by molar-refractivity contribution is 7.09. The van der Waals surface area contributed by atoms with Crippen molar-refractivity contribution in [3.8, 4) is 17.0 Å². The maximum atomic E-state index is 9.62. The van der Waals surface area contributed by atoms with E-state index in [0.717, 1.165) is 16.3 Å². The van der Waals surface area contributed by atoms with Crippen LogP contribution in [-0.4, -0.2) is 21.8 Å². The smallest absolute Gasteiger partial charge is 0.125 e. The third-order valence-electron chi connectivity index (χ3n) is 2.06. The van der Waals surface area contributed by atoms with Crippen LogP contribution >= 0.6 is 11.3 Å². The third-order valence-corrected chi connectivity index (χ3v) is 2.97. The van der Waals surface area contributed by atoms with Crippen molar-refractivity contribution in [2.24, 2.45) is 0 Å². The summed E-state index contributed by atoms with van der Waals surface area (Å²) in [5.74, 6) is 0.235. The molecule has 0 aliphatic rings. The van der Waals surface area contributed by atoms with Gasteiger partial charge in [-0.3, -0.25) is 0 Å². The number of phenolic OH excluding ortho intramolecular Hbond substituents is 1. The van der Waals surface area contributed by atoms with Crippen molar-refractivity contribution in [2.75, 3.05) is 6.61 Å². The van der Waals surface area contributed by atoms with Gasteiger partial charge in [0.25, 0.3) is 0 Å². The largest absolute Gasteiger partial charge is 0.507 e.